The van der Waals surface area contributed by atoms with Gasteiger partial charge in [0.15, 0.2) is 5.78 Å². The molecule has 2 aromatic rings. The monoisotopic (exact) mass is 242 g/mol. The maximum absolute atomic E-state index is 12.3. The molecule has 0 amide bonds. The first-order valence-electron chi connectivity index (χ1n) is 5.37. The largest absolute Gasteiger partial charge is 0.293 e. The SMILES string of the molecule is O=C(c1cncnc1)C1CSc2ccccc21. The summed E-state index contributed by atoms with van der Waals surface area (Å²) in [6.45, 7) is 0. The van der Waals surface area contributed by atoms with Crippen LogP contribution in [0.3, 0.4) is 0 Å². The third-order valence-electron chi connectivity index (χ3n) is 2.86. The van der Waals surface area contributed by atoms with E-state index in [0.717, 1.165) is 11.3 Å². The highest BCUT2D eigenvalue weighted by atomic mass is 32.2. The van der Waals surface area contributed by atoms with E-state index in [1.165, 1.54) is 11.2 Å². The maximum Gasteiger partial charge on any atom is 0.174 e. The molecule has 0 fully saturated rings. The minimum Gasteiger partial charge on any atom is -0.293 e. The van der Waals surface area contributed by atoms with Gasteiger partial charge in [0.2, 0.25) is 0 Å². The van der Waals surface area contributed by atoms with E-state index < -0.39 is 0 Å². The molecule has 84 valence electrons. The highest BCUT2D eigenvalue weighted by Gasteiger charge is 2.29. The van der Waals surface area contributed by atoms with Gasteiger partial charge in [-0.3, -0.25) is 4.79 Å². The average Bonchev–Trinajstić information content (AvgIpc) is 2.83. The van der Waals surface area contributed by atoms with Crippen molar-refractivity contribution >= 4 is 17.5 Å². The topological polar surface area (TPSA) is 42.9 Å². The number of carbonyl (C=O) groups excluding carboxylic acids is 1. The van der Waals surface area contributed by atoms with Crippen molar-refractivity contribution in [2.24, 2.45) is 0 Å². The number of ketones is 1. The molecule has 0 radical (unpaired) electrons. The molecule has 0 saturated carbocycles. The summed E-state index contributed by atoms with van der Waals surface area (Å²) in [4.78, 5) is 21.3. The molecule has 1 aliphatic rings. The minimum absolute atomic E-state index is 0.0535. The third kappa shape index (κ3) is 1.85. The van der Waals surface area contributed by atoms with E-state index in [4.69, 9.17) is 0 Å². The lowest BCUT2D eigenvalue weighted by Gasteiger charge is -2.08. The van der Waals surface area contributed by atoms with Crippen LogP contribution in [0, 0.1) is 0 Å². The van der Waals surface area contributed by atoms with Crippen LogP contribution in [0.25, 0.3) is 0 Å². The molecule has 0 bridgehead atoms. The van der Waals surface area contributed by atoms with Gasteiger partial charge < -0.3 is 0 Å². The van der Waals surface area contributed by atoms with Crippen LogP contribution in [0.4, 0.5) is 0 Å². The number of Topliss-reactive ketones (excluding diaryl/α,β-unsaturated/α-hetero) is 1. The Bertz CT molecular complexity index is 556. The van der Waals surface area contributed by atoms with E-state index in [0.29, 0.717) is 5.56 Å². The molecule has 2 heterocycles. The van der Waals surface area contributed by atoms with Crippen molar-refractivity contribution in [2.45, 2.75) is 10.8 Å². The van der Waals surface area contributed by atoms with Crippen LogP contribution < -0.4 is 0 Å². The van der Waals surface area contributed by atoms with Gasteiger partial charge in [0.25, 0.3) is 0 Å². The molecule has 3 nitrogen and oxygen atoms in total. The van der Waals surface area contributed by atoms with Crippen molar-refractivity contribution in [3.8, 4) is 0 Å². The Hall–Kier alpha value is -1.68. The summed E-state index contributed by atoms with van der Waals surface area (Å²) in [5, 5.41) is 0. The normalized spacial score (nSPS) is 17.8. The quantitative estimate of drug-likeness (QED) is 0.759. The predicted molar refractivity (Wildman–Crippen MR) is 66.3 cm³/mol. The van der Waals surface area contributed by atoms with Gasteiger partial charge in [-0.2, -0.15) is 0 Å². The zero-order valence-electron chi connectivity index (χ0n) is 9.04. The highest BCUT2D eigenvalue weighted by Crippen LogP contribution is 2.40. The summed E-state index contributed by atoms with van der Waals surface area (Å²) < 4.78 is 0. The zero-order chi connectivity index (χ0) is 11.7. The van der Waals surface area contributed by atoms with Crippen molar-refractivity contribution in [3.63, 3.8) is 0 Å². The molecule has 0 aliphatic carbocycles. The van der Waals surface area contributed by atoms with Crippen LogP contribution in [0.1, 0.15) is 21.8 Å². The smallest absolute Gasteiger partial charge is 0.174 e. The Kier molecular flexibility index (Phi) is 2.65. The van der Waals surface area contributed by atoms with Crippen molar-refractivity contribution in [3.05, 3.63) is 54.1 Å². The van der Waals surface area contributed by atoms with Crippen molar-refractivity contribution in [1.29, 1.82) is 0 Å². The molecule has 1 aromatic carbocycles. The lowest BCUT2D eigenvalue weighted by atomic mass is 9.94. The van der Waals surface area contributed by atoms with Gasteiger partial charge in [-0.15, -0.1) is 11.8 Å². The molecule has 0 spiro atoms. The van der Waals surface area contributed by atoms with Gasteiger partial charge in [-0.05, 0) is 11.6 Å². The molecule has 1 atom stereocenters. The Morgan fingerprint density at radius 1 is 1.24 bits per heavy atom. The fourth-order valence-electron chi connectivity index (χ4n) is 2.01. The molecule has 3 rings (SSSR count). The van der Waals surface area contributed by atoms with Gasteiger partial charge in [0, 0.05) is 23.0 Å². The lowest BCUT2D eigenvalue weighted by Crippen LogP contribution is -2.12. The first-order valence-corrected chi connectivity index (χ1v) is 6.36. The number of thioether (sulfide) groups is 1. The Morgan fingerprint density at radius 3 is 2.82 bits per heavy atom. The Labute approximate surface area is 103 Å². The number of rotatable bonds is 2. The zero-order valence-corrected chi connectivity index (χ0v) is 9.85. The van der Waals surface area contributed by atoms with Crippen LogP contribution in [-0.2, 0) is 0 Å². The van der Waals surface area contributed by atoms with Crippen molar-refractivity contribution < 1.29 is 4.79 Å². The summed E-state index contributed by atoms with van der Waals surface area (Å²) in [5.41, 5.74) is 1.72. The van der Waals surface area contributed by atoms with Crippen LogP contribution in [0.2, 0.25) is 0 Å². The summed E-state index contributed by atoms with van der Waals surface area (Å²) in [6.07, 6.45) is 4.61. The summed E-state index contributed by atoms with van der Waals surface area (Å²) in [5.74, 6) is 0.873. The molecule has 1 unspecified atom stereocenters. The number of benzene rings is 1. The second-order valence-electron chi connectivity index (χ2n) is 3.89. The van der Waals surface area contributed by atoms with Crippen LogP contribution >= 0.6 is 11.8 Å². The molecule has 1 aliphatic heterocycles. The van der Waals surface area contributed by atoms with Gasteiger partial charge >= 0.3 is 0 Å². The van der Waals surface area contributed by atoms with Crippen LogP contribution in [0.5, 0.6) is 0 Å². The first kappa shape index (κ1) is 10.5. The average molecular weight is 242 g/mol. The number of aromatic nitrogens is 2. The number of carbonyl (C=O) groups is 1. The molecule has 0 N–H and O–H groups in total. The van der Waals surface area contributed by atoms with Gasteiger partial charge in [0.1, 0.15) is 6.33 Å². The maximum atomic E-state index is 12.3. The lowest BCUT2D eigenvalue weighted by molar-refractivity contribution is 0.0967. The standard InChI is InChI=1S/C13H10N2OS/c16-13(9-5-14-8-15-6-9)11-7-17-12-4-2-1-3-10(11)12/h1-6,8,11H,7H2. The van der Waals surface area contributed by atoms with Gasteiger partial charge in [-0.25, -0.2) is 9.97 Å². The van der Waals surface area contributed by atoms with E-state index in [1.54, 1.807) is 24.2 Å². The predicted octanol–water partition coefficient (Wildman–Crippen LogP) is 2.55. The molecular formula is C13H10N2OS. The summed E-state index contributed by atoms with van der Waals surface area (Å²) >= 11 is 1.74. The second-order valence-corrected chi connectivity index (χ2v) is 4.95. The van der Waals surface area contributed by atoms with Gasteiger partial charge in [0.05, 0.1) is 11.5 Å². The summed E-state index contributed by atoms with van der Waals surface area (Å²) in [6, 6.07) is 8.08. The molecule has 4 heteroatoms. The molecule has 17 heavy (non-hydrogen) atoms. The fraction of sp³-hybridized carbons (Fsp3) is 0.154. The Morgan fingerprint density at radius 2 is 2.00 bits per heavy atom. The molecule has 1 aromatic heterocycles. The number of hydrogen-bond acceptors (Lipinski definition) is 4. The molecular weight excluding hydrogens is 232 g/mol. The third-order valence-corrected chi connectivity index (χ3v) is 4.04. The van der Waals surface area contributed by atoms with Crippen molar-refractivity contribution in [2.75, 3.05) is 5.75 Å². The number of hydrogen-bond donors (Lipinski definition) is 0. The minimum atomic E-state index is -0.0535. The number of fused-ring (bicyclic) bond motifs is 1. The van der Waals surface area contributed by atoms with E-state index >= 15 is 0 Å². The van der Waals surface area contributed by atoms with E-state index in [-0.39, 0.29) is 11.7 Å². The van der Waals surface area contributed by atoms with Crippen LogP contribution in [-0.4, -0.2) is 21.5 Å². The Balaban J connectivity index is 1.95. The summed E-state index contributed by atoms with van der Waals surface area (Å²) in [7, 11) is 0. The highest BCUT2D eigenvalue weighted by molar-refractivity contribution is 7.99. The van der Waals surface area contributed by atoms with E-state index in [2.05, 4.69) is 16.0 Å². The van der Waals surface area contributed by atoms with E-state index in [9.17, 15) is 4.79 Å². The van der Waals surface area contributed by atoms with Gasteiger partial charge in [-0.1, -0.05) is 18.2 Å². The van der Waals surface area contributed by atoms with Crippen LogP contribution in [0.15, 0.2) is 47.9 Å². The number of nitrogens with zero attached hydrogens (tertiary/aromatic N) is 2. The van der Waals surface area contributed by atoms with E-state index in [1.807, 2.05) is 18.2 Å². The molecule has 0 saturated heterocycles. The van der Waals surface area contributed by atoms with Crippen molar-refractivity contribution in [1.82, 2.24) is 9.97 Å². The fourth-order valence-corrected chi connectivity index (χ4v) is 3.24. The first-order chi connectivity index (χ1) is 8.36. The second kappa shape index (κ2) is 4.30.